The Balaban J connectivity index is 2.02. The maximum absolute atomic E-state index is 12.5. The Hall–Kier alpha value is -3.27. The van der Waals surface area contributed by atoms with Crippen LogP contribution < -0.4 is 15.6 Å². The number of nitro benzene ring substituents is 1. The lowest BCUT2D eigenvalue weighted by molar-refractivity contribution is -0.384. The van der Waals surface area contributed by atoms with E-state index in [-0.39, 0.29) is 23.9 Å². The molecule has 30 heavy (non-hydrogen) atoms. The highest BCUT2D eigenvalue weighted by Crippen LogP contribution is 2.27. The van der Waals surface area contributed by atoms with Gasteiger partial charge in [-0.15, -0.1) is 11.3 Å². The molecule has 0 radical (unpaired) electrons. The van der Waals surface area contributed by atoms with E-state index in [4.69, 9.17) is 0 Å². The summed E-state index contributed by atoms with van der Waals surface area (Å²) in [5.41, 5.74) is 3.28. The third-order valence-electron chi connectivity index (χ3n) is 4.25. The fraction of sp³-hybridized carbons (Fsp3) is 0.350. The van der Waals surface area contributed by atoms with Crippen molar-refractivity contribution < 1.29 is 14.5 Å². The van der Waals surface area contributed by atoms with Crippen molar-refractivity contribution in [2.45, 2.75) is 26.3 Å². The minimum absolute atomic E-state index is 0.0591. The predicted octanol–water partition coefficient (Wildman–Crippen LogP) is 2.56. The minimum Gasteiger partial charge on any atom is -0.372 e. The number of thiophene rings is 1. The van der Waals surface area contributed by atoms with Gasteiger partial charge in [0.05, 0.1) is 17.6 Å². The van der Waals surface area contributed by atoms with E-state index in [2.05, 4.69) is 15.8 Å². The summed E-state index contributed by atoms with van der Waals surface area (Å²) in [6, 6.07) is 7.64. The number of nitro groups is 1. The van der Waals surface area contributed by atoms with Gasteiger partial charge in [-0.3, -0.25) is 19.7 Å². The Morgan fingerprint density at radius 2 is 2.03 bits per heavy atom. The first kappa shape index (κ1) is 23.0. The molecule has 2 amide bonds. The van der Waals surface area contributed by atoms with Crippen molar-refractivity contribution in [3.05, 3.63) is 56.3 Å². The van der Waals surface area contributed by atoms with Gasteiger partial charge in [-0.25, -0.2) is 5.43 Å². The van der Waals surface area contributed by atoms with E-state index >= 15 is 0 Å². The molecule has 0 saturated carbocycles. The standard InChI is InChI=1S/C20H25N5O4S/c1-13(2)19(22-18(26)11-15-6-5-9-30-15)20(27)23-21-12-14-7-8-16(24(3)4)17(10-14)25(28)29/h5-10,12-13,19H,11H2,1-4H3,(H,22,26)(H,23,27). The number of amides is 2. The number of rotatable bonds is 9. The summed E-state index contributed by atoms with van der Waals surface area (Å²) < 4.78 is 0. The van der Waals surface area contributed by atoms with Crippen molar-refractivity contribution >= 4 is 40.7 Å². The van der Waals surface area contributed by atoms with Gasteiger partial charge in [0.1, 0.15) is 11.7 Å². The molecule has 0 bridgehead atoms. The second-order valence-corrected chi connectivity index (χ2v) is 8.21. The first-order valence-corrected chi connectivity index (χ1v) is 10.2. The van der Waals surface area contributed by atoms with Crippen molar-refractivity contribution in [2.75, 3.05) is 19.0 Å². The molecule has 10 heteroatoms. The van der Waals surface area contributed by atoms with Crippen LogP contribution in [0.3, 0.4) is 0 Å². The molecule has 1 aromatic heterocycles. The van der Waals surface area contributed by atoms with Gasteiger partial charge in [0.25, 0.3) is 11.6 Å². The van der Waals surface area contributed by atoms with Gasteiger partial charge in [0.2, 0.25) is 5.91 Å². The summed E-state index contributed by atoms with van der Waals surface area (Å²) >= 11 is 1.48. The summed E-state index contributed by atoms with van der Waals surface area (Å²) in [5, 5.41) is 19.8. The lowest BCUT2D eigenvalue weighted by atomic mass is 10.0. The Morgan fingerprint density at radius 3 is 2.60 bits per heavy atom. The molecule has 0 aliphatic rings. The third kappa shape index (κ3) is 6.38. The van der Waals surface area contributed by atoms with Gasteiger partial charge in [-0.1, -0.05) is 26.0 Å². The topological polar surface area (TPSA) is 117 Å². The van der Waals surface area contributed by atoms with Crippen LogP contribution >= 0.6 is 11.3 Å². The zero-order valence-corrected chi connectivity index (χ0v) is 18.1. The molecule has 160 valence electrons. The van der Waals surface area contributed by atoms with E-state index in [1.165, 1.54) is 23.6 Å². The van der Waals surface area contributed by atoms with E-state index in [1.54, 1.807) is 31.1 Å². The molecule has 0 aliphatic heterocycles. The number of carbonyl (C=O) groups excluding carboxylic acids is 2. The van der Waals surface area contributed by atoms with Crippen LogP contribution in [0.4, 0.5) is 11.4 Å². The minimum atomic E-state index is -0.750. The average Bonchev–Trinajstić information content (AvgIpc) is 3.18. The molecule has 2 rings (SSSR count). The highest BCUT2D eigenvalue weighted by atomic mass is 32.1. The predicted molar refractivity (Wildman–Crippen MR) is 118 cm³/mol. The van der Waals surface area contributed by atoms with Crippen LogP contribution in [-0.4, -0.2) is 43.1 Å². The van der Waals surface area contributed by atoms with Crippen LogP contribution in [0, 0.1) is 16.0 Å². The Bertz CT molecular complexity index is 925. The zero-order valence-electron chi connectivity index (χ0n) is 17.3. The normalized spacial score (nSPS) is 12.0. The molecule has 0 saturated heterocycles. The van der Waals surface area contributed by atoms with Crippen LogP contribution in [0.1, 0.15) is 24.3 Å². The molecule has 1 aromatic carbocycles. The van der Waals surface area contributed by atoms with Gasteiger partial charge < -0.3 is 10.2 Å². The van der Waals surface area contributed by atoms with Crippen LogP contribution in [0.15, 0.2) is 40.8 Å². The van der Waals surface area contributed by atoms with Crippen molar-refractivity contribution in [2.24, 2.45) is 11.0 Å². The molecule has 1 unspecified atom stereocenters. The first-order chi connectivity index (χ1) is 14.2. The van der Waals surface area contributed by atoms with Crippen LogP contribution in [-0.2, 0) is 16.0 Å². The first-order valence-electron chi connectivity index (χ1n) is 9.29. The molecule has 0 fully saturated rings. The summed E-state index contributed by atoms with van der Waals surface area (Å²) in [7, 11) is 3.43. The number of hydrogen-bond acceptors (Lipinski definition) is 7. The van der Waals surface area contributed by atoms with Crippen molar-refractivity contribution in [1.29, 1.82) is 0 Å². The lowest BCUT2D eigenvalue weighted by Gasteiger charge is -2.20. The van der Waals surface area contributed by atoms with E-state index in [0.717, 1.165) is 4.88 Å². The highest BCUT2D eigenvalue weighted by molar-refractivity contribution is 7.10. The number of nitrogens with zero attached hydrogens (tertiary/aromatic N) is 3. The molecule has 2 N–H and O–H groups in total. The highest BCUT2D eigenvalue weighted by Gasteiger charge is 2.24. The lowest BCUT2D eigenvalue weighted by Crippen LogP contribution is -2.49. The summed E-state index contributed by atoms with van der Waals surface area (Å²) in [6.07, 6.45) is 1.54. The molecular weight excluding hydrogens is 406 g/mol. The van der Waals surface area contributed by atoms with E-state index in [0.29, 0.717) is 11.3 Å². The molecule has 0 aliphatic carbocycles. The van der Waals surface area contributed by atoms with Crippen molar-refractivity contribution in [3.8, 4) is 0 Å². The Morgan fingerprint density at radius 1 is 1.30 bits per heavy atom. The average molecular weight is 432 g/mol. The zero-order chi connectivity index (χ0) is 22.3. The maximum Gasteiger partial charge on any atom is 0.293 e. The summed E-state index contributed by atoms with van der Waals surface area (Å²) in [4.78, 5) is 38.1. The van der Waals surface area contributed by atoms with Crippen molar-refractivity contribution in [3.63, 3.8) is 0 Å². The molecule has 1 heterocycles. The van der Waals surface area contributed by atoms with Crippen LogP contribution in [0.5, 0.6) is 0 Å². The number of benzene rings is 1. The van der Waals surface area contributed by atoms with E-state index in [9.17, 15) is 19.7 Å². The Labute approximate surface area is 178 Å². The van der Waals surface area contributed by atoms with E-state index < -0.39 is 16.9 Å². The van der Waals surface area contributed by atoms with Gasteiger partial charge in [-0.05, 0) is 23.4 Å². The Kier molecular flexibility index (Phi) is 8.05. The second kappa shape index (κ2) is 10.5. The second-order valence-electron chi connectivity index (χ2n) is 7.18. The number of hydrogen-bond donors (Lipinski definition) is 2. The van der Waals surface area contributed by atoms with Crippen LogP contribution in [0.25, 0.3) is 0 Å². The molecule has 1 atom stereocenters. The quantitative estimate of drug-likeness (QED) is 0.359. The number of carbonyl (C=O) groups is 2. The number of nitrogens with one attached hydrogen (secondary N) is 2. The smallest absolute Gasteiger partial charge is 0.293 e. The summed E-state index contributed by atoms with van der Waals surface area (Å²) in [6.45, 7) is 3.64. The molecule has 0 spiro atoms. The van der Waals surface area contributed by atoms with Gasteiger partial charge in [0.15, 0.2) is 0 Å². The molecular formula is C20H25N5O4S. The van der Waals surface area contributed by atoms with E-state index in [1.807, 2.05) is 31.4 Å². The largest absolute Gasteiger partial charge is 0.372 e. The number of anilines is 1. The third-order valence-corrected chi connectivity index (χ3v) is 5.12. The van der Waals surface area contributed by atoms with Gasteiger partial charge >= 0.3 is 0 Å². The molecule has 2 aromatic rings. The van der Waals surface area contributed by atoms with Crippen LogP contribution in [0.2, 0.25) is 0 Å². The van der Waals surface area contributed by atoms with Gasteiger partial charge in [-0.2, -0.15) is 5.10 Å². The maximum atomic E-state index is 12.5. The monoisotopic (exact) mass is 431 g/mol. The number of hydrazone groups is 1. The fourth-order valence-electron chi connectivity index (χ4n) is 2.72. The SMILES string of the molecule is CC(C)C(NC(=O)Cc1cccs1)C(=O)NN=Cc1ccc(N(C)C)c([N+](=O)[O-])c1. The fourth-order valence-corrected chi connectivity index (χ4v) is 3.42. The molecule has 9 nitrogen and oxygen atoms in total. The van der Waals surface area contributed by atoms with Crippen molar-refractivity contribution in [1.82, 2.24) is 10.7 Å². The summed E-state index contributed by atoms with van der Waals surface area (Å²) in [5.74, 6) is -0.849. The van der Waals surface area contributed by atoms with Gasteiger partial charge in [0, 0.05) is 30.6 Å².